The molecule has 1 spiro atoms. The third kappa shape index (κ3) is 7.31. The summed E-state index contributed by atoms with van der Waals surface area (Å²) in [4.78, 5) is 70.1. The van der Waals surface area contributed by atoms with Gasteiger partial charge in [0.2, 0.25) is 5.95 Å². The first-order valence-electron chi connectivity index (χ1n) is 17.5. The van der Waals surface area contributed by atoms with Crippen LogP contribution in [0.15, 0.2) is 53.3 Å². The number of furan rings is 1. The molecule has 1 N–H and O–H groups in total. The van der Waals surface area contributed by atoms with E-state index >= 15 is 0 Å². The number of imide groups is 1. The van der Waals surface area contributed by atoms with Gasteiger partial charge in [-0.3, -0.25) is 9.59 Å². The molecule has 4 amide bonds. The zero-order valence-corrected chi connectivity index (χ0v) is 30.2. The van der Waals surface area contributed by atoms with E-state index in [1.165, 1.54) is 16.1 Å². The molecule has 13 heteroatoms. The lowest BCUT2D eigenvalue weighted by Crippen LogP contribution is -2.49. The van der Waals surface area contributed by atoms with Gasteiger partial charge in [0.1, 0.15) is 22.9 Å². The number of nitrogens with zero attached hydrogens (tertiary/aromatic N) is 6. The maximum atomic E-state index is 13.8. The number of likely N-dealkylation sites (N-methyl/N-ethyl adjacent to an activating group) is 1. The number of anilines is 4. The second kappa shape index (κ2) is 14.9. The molecule has 0 bridgehead atoms. The van der Waals surface area contributed by atoms with Crippen molar-refractivity contribution in [3.8, 4) is 0 Å². The summed E-state index contributed by atoms with van der Waals surface area (Å²) in [6.07, 6.45) is 7.40. The van der Waals surface area contributed by atoms with Crippen molar-refractivity contribution in [3.63, 3.8) is 0 Å². The van der Waals surface area contributed by atoms with Gasteiger partial charge < -0.3 is 29.2 Å². The monoisotopic (exact) mass is 687 g/mol. The molecule has 0 radical (unpaired) electrons. The second-order valence-corrected chi connectivity index (χ2v) is 13.8. The molecule has 2 aromatic heterocycles. The van der Waals surface area contributed by atoms with E-state index in [0.29, 0.717) is 43.3 Å². The van der Waals surface area contributed by atoms with E-state index in [1.54, 1.807) is 63.2 Å². The Morgan fingerprint density at radius 1 is 1.02 bits per heavy atom. The van der Waals surface area contributed by atoms with Crippen LogP contribution < -0.4 is 20.0 Å². The number of benzene rings is 1. The van der Waals surface area contributed by atoms with Crippen molar-refractivity contribution in [3.05, 3.63) is 60.2 Å². The predicted octanol–water partition coefficient (Wildman–Crippen LogP) is 6.05. The molecule has 1 atom stereocenters. The van der Waals surface area contributed by atoms with Gasteiger partial charge in [-0.2, -0.15) is 4.98 Å². The van der Waals surface area contributed by atoms with E-state index in [4.69, 9.17) is 14.1 Å². The van der Waals surface area contributed by atoms with Crippen LogP contribution >= 0.6 is 0 Å². The molecule has 3 heterocycles. The first-order valence-corrected chi connectivity index (χ1v) is 17.5. The summed E-state index contributed by atoms with van der Waals surface area (Å²) < 4.78 is 11.3. The van der Waals surface area contributed by atoms with Crippen LogP contribution in [0.3, 0.4) is 0 Å². The van der Waals surface area contributed by atoms with Crippen molar-refractivity contribution in [1.82, 2.24) is 14.9 Å². The van der Waals surface area contributed by atoms with Crippen LogP contribution in [-0.2, 0) is 20.7 Å². The van der Waals surface area contributed by atoms with E-state index < -0.39 is 23.2 Å². The first kappa shape index (κ1) is 36.3. The Bertz CT molecular complexity index is 1670. The number of esters is 1. The van der Waals surface area contributed by atoms with Gasteiger partial charge >= 0.3 is 12.0 Å². The van der Waals surface area contributed by atoms with Gasteiger partial charge in [-0.25, -0.2) is 19.5 Å². The first-order chi connectivity index (χ1) is 23.8. The Labute approximate surface area is 294 Å². The summed E-state index contributed by atoms with van der Waals surface area (Å²) in [5.41, 5.74) is 0.0566. The summed E-state index contributed by atoms with van der Waals surface area (Å²) in [6.45, 7) is 12.8. The fourth-order valence-electron chi connectivity index (χ4n) is 6.72. The number of carbonyl (C=O) groups excluding carboxylic acids is 4. The van der Waals surface area contributed by atoms with Gasteiger partial charge in [-0.1, -0.05) is 31.4 Å². The summed E-state index contributed by atoms with van der Waals surface area (Å²) in [7, 11) is 1.71. The maximum absolute atomic E-state index is 13.8. The fourth-order valence-corrected chi connectivity index (χ4v) is 6.72. The molecule has 1 saturated carbocycles. The standard InChI is InChI=1S/C37H49N7O6/c1-8-42(9-2)34-38-24-28(43(10-3)31(45)29-15-14-22-49-29)30(40-34)39-27(32(46)50-36(4,5)6)23-25-16-18-26(19-17-25)44-33(47)37(41(7)35(44)48)20-12-11-13-21-37/h14-19,22,24,27H,8-13,20-21,23H2,1-7H3,(H,38,39,40)/t27-/m0/s1. The van der Waals surface area contributed by atoms with Crippen molar-refractivity contribution in [1.29, 1.82) is 0 Å². The average molecular weight is 688 g/mol. The predicted molar refractivity (Wildman–Crippen MR) is 192 cm³/mol. The van der Waals surface area contributed by atoms with E-state index in [-0.39, 0.29) is 42.4 Å². The summed E-state index contributed by atoms with van der Waals surface area (Å²) in [5, 5.41) is 3.30. The normalized spacial score (nSPS) is 16.5. The summed E-state index contributed by atoms with van der Waals surface area (Å²) in [6, 6.07) is 9.07. The molecule has 1 aromatic carbocycles. The Kier molecular flexibility index (Phi) is 10.8. The topological polar surface area (TPSA) is 141 Å². The van der Waals surface area contributed by atoms with Crippen LogP contribution in [0.25, 0.3) is 0 Å². The molecule has 268 valence electrons. The van der Waals surface area contributed by atoms with Crippen LogP contribution in [0.4, 0.5) is 27.9 Å². The molecule has 5 rings (SSSR count). The van der Waals surface area contributed by atoms with E-state index in [0.717, 1.165) is 24.8 Å². The number of hydrogen-bond donors (Lipinski definition) is 1. The number of rotatable bonds is 12. The number of amides is 4. The smallest absolute Gasteiger partial charge is 0.332 e. The van der Waals surface area contributed by atoms with Gasteiger partial charge in [0, 0.05) is 33.1 Å². The molecule has 1 saturated heterocycles. The molecule has 13 nitrogen and oxygen atoms in total. The Hall–Kier alpha value is -4.94. The lowest BCUT2D eigenvalue weighted by molar-refractivity contribution is -0.155. The Balaban J connectivity index is 1.48. The SMILES string of the molecule is CCN(CC)c1ncc(N(CC)C(=O)c2ccco2)c(N[C@@H](Cc2ccc(N3C(=O)N(C)C4(CCCCC4)C3=O)cc2)C(=O)OC(C)(C)C)n1. The number of hydrogen-bond acceptors (Lipinski definition) is 10. The number of urea groups is 1. The third-order valence-corrected chi connectivity index (χ3v) is 9.43. The summed E-state index contributed by atoms with van der Waals surface area (Å²) >= 11 is 0. The van der Waals surface area contributed by atoms with Crippen LogP contribution in [0, 0.1) is 0 Å². The minimum atomic E-state index is -0.928. The summed E-state index contributed by atoms with van der Waals surface area (Å²) in [5.74, 6) is -0.195. The number of nitrogens with one attached hydrogen (secondary N) is 1. The highest BCUT2D eigenvalue weighted by atomic mass is 16.6. The average Bonchev–Trinajstić information content (AvgIpc) is 3.69. The molecule has 3 aromatic rings. The zero-order valence-electron chi connectivity index (χ0n) is 30.2. The fraction of sp³-hybridized carbons (Fsp3) is 0.514. The molecule has 50 heavy (non-hydrogen) atoms. The maximum Gasteiger partial charge on any atom is 0.332 e. The quantitative estimate of drug-likeness (QED) is 0.177. The highest BCUT2D eigenvalue weighted by Crippen LogP contribution is 2.41. The highest BCUT2D eigenvalue weighted by molar-refractivity contribution is 6.23. The van der Waals surface area contributed by atoms with E-state index in [2.05, 4.69) is 10.3 Å². The molecular weight excluding hydrogens is 638 g/mol. The minimum Gasteiger partial charge on any atom is -0.459 e. The van der Waals surface area contributed by atoms with Crippen molar-refractivity contribution >= 4 is 47.0 Å². The number of carbonyl (C=O) groups is 4. The second-order valence-electron chi connectivity index (χ2n) is 13.8. The highest BCUT2D eigenvalue weighted by Gasteiger charge is 2.56. The van der Waals surface area contributed by atoms with Gasteiger partial charge in [0.15, 0.2) is 11.6 Å². The molecule has 1 aliphatic carbocycles. The van der Waals surface area contributed by atoms with Crippen molar-refractivity contribution in [2.75, 3.05) is 46.7 Å². The lowest BCUT2D eigenvalue weighted by Gasteiger charge is -2.35. The molecule has 0 unspecified atom stereocenters. The van der Waals surface area contributed by atoms with Crippen LogP contribution in [0.2, 0.25) is 0 Å². The molecule has 2 fully saturated rings. The van der Waals surface area contributed by atoms with Crippen LogP contribution in [0.5, 0.6) is 0 Å². The minimum absolute atomic E-state index is 0.157. The van der Waals surface area contributed by atoms with Crippen LogP contribution in [-0.4, -0.2) is 82.5 Å². The number of aromatic nitrogens is 2. The third-order valence-electron chi connectivity index (χ3n) is 9.43. The van der Waals surface area contributed by atoms with Crippen molar-refractivity contribution in [2.45, 2.75) is 97.2 Å². The Morgan fingerprint density at radius 2 is 1.70 bits per heavy atom. The lowest BCUT2D eigenvalue weighted by atomic mass is 9.80. The molecule has 2 aliphatic rings. The number of ether oxygens (including phenoxy) is 1. The van der Waals surface area contributed by atoms with Gasteiger partial charge in [-0.15, -0.1) is 0 Å². The van der Waals surface area contributed by atoms with Crippen molar-refractivity contribution < 1.29 is 28.3 Å². The Morgan fingerprint density at radius 3 is 2.28 bits per heavy atom. The van der Waals surface area contributed by atoms with E-state index in [9.17, 15) is 19.2 Å². The molecule has 1 aliphatic heterocycles. The largest absolute Gasteiger partial charge is 0.459 e. The van der Waals surface area contributed by atoms with E-state index in [1.807, 2.05) is 37.8 Å². The van der Waals surface area contributed by atoms with Gasteiger partial charge in [-0.05, 0) is 84.2 Å². The zero-order chi connectivity index (χ0) is 36.2. The van der Waals surface area contributed by atoms with Gasteiger partial charge in [0.05, 0.1) is 18.1 Å². The van der Waals surface area contributed by atoms with Crippen LogP contribution in [0.1, 0.15) is 89.8 Å². The van der Waals surface area contributed by atoms with Gasteiger partial charge in [0.25, 0.3) is 11.8 Å². The molecular formula is C37H49N7O6. The van der Waals surface area contributed by atoms with Crippen molar-refractivity contribution in [2.24, 2.45) is 0 Å².